The van der Waals surface area contributed by atoms with Crippen LogP contribution in [-0.2, 0) is 6.42 Å². The van der Waals surface area contributed by atoms with Gasteiger partial charge in [-0.1, -0.05) is 30.3 Å². The maximum atomic E-state index is 6.17. The van der Waals surface area contributed by atoms with E-state index in [1.807, 2.05) is 11.3 Å². The third-order valence-corrected chi connectivity index (χ3v) is 9.44. The summed E-state index contributed by atoms with van der Waals surface area (Å²) in [4.78, 5) is 6.34. The Labute approximate surface area is 237 Å². The van der Waals surface area contributed by atoms with Crippen LogP contribution >= 0.6 is 11.3 Å². The predicted octanol–water partition coefficient (Wildman–Crippen LogP) is 7.42. The summed E-state index contributed by atoms with van der Waals surface area (Å²) in [7, 11) is 0. The Hall–Kier alpha value is -2.86. The van der Waals surface area contributed by atoms with E-state index in [1.54, 1.807) is 0 Å². The highest BCUT2D eigenvalue weighted by Gasteiger charge is 2.16. The van der Waals surface area contributed by atoms with Crippen molar-refractivity contribution in [2.24, 2.45) is 0 Å². The Bertz CT molecular complexity index is 1370. The van der Waals surface area contributed by atoms with E-state index in [0.29, 0.717) is 0 Å². The van der Waals surface area contributed by atoms with Gasteiger partial charge in [-0.05, 0) is 129 Å². The maximum absolute atomic E-state index is 6.17. The van der Waals surface area contributed by atoms with Gasteiger partial charge in [0.25, 0.3) is 0 Å². The van der Waals surface area contributed by atoms with Crippen LogP contribution in [0.25, 0.3) is 20.5 Å². The van der Waals surface area contributed by atoms with Gasteiger partial charge in [-0.25, -0.2) is 0 Å². The molecule has 1 aromatic heterocycles. The van der Waals surface area contributed by atoms with Crippen molar-refractivity contribution in [2.45, 2.75) is 39.0 Å². The first-order valence-electron chi connectivity index (χ1n) is 14.6. The van der Waals surface area contributed by atoms with E-state index in [4.69, 9.17) is 9.47 Å². The summed E-state index contributed by atoms with van der Waals surface area (Å²) in [6.07, 6.45) is 6.20. The van der Waals surface area contributed by atoms with E-state index in [9.17, 15) is 0 Å². The maximum Gasteiger partial charge on any atom is 0.122 e. The van der Waals surface area contributed by atoms with Gasteiger partial charge in [0.15, 0.2) is 0 Å². The van der Waals surface area contributed by atoms with Gasteiger partial charge in [0.05, 0.1) is 0 Å². The molecule has 5 heteroatoms. The Morgan fingerprint density at radius 1 is 0.744 bits per heavy atom. The lowest BCUT2D eigenvalue weighted by atomic mass is 9.98. The van der Waals surface area contributed by atoms with Crippen molar-refractivity contribution >= 4 is 21.4 Å². The van der Waals surface area contributed by atoms with Gasteiger partial charge >= 0.3 is 0 Å². The zero-order chi connectivity index (χ0) is 26.4. The molecule has 2 fully saturated rings. The average Bonchev–Trinajstić information content (AvgIpc) is 3.73. The van der Waals surface area contributed by atoms with Crippen LogP contribution < -0.4 is 9.47 Å². The second-order valence-electron chi connectivity index (χ2n) is 11.0. The quantitative estimate of drug-likeness (QED) is 0.198. The molecule has 0 amide bonds. The average molecular weight is 541 g/mol. The third kappa shape index (κ3) is 6.49. The summed E-state index contributed by atoms with van der Waals surface area (Å²) in [5.74, 6) is 1.96. The zero-order valence-electron chi connectivity index (χ0n) is 23.2. The Morgan fingerprint density at radius 3 is 2.10 bits per heavy atom. The van der Waals surface area contributed by atoms with Gasteiger partial charge < -0.3 is 9.47 Å². The van der Waals surface area contributed by atoms with Crippen molar-refractivity contribution in [3.8, 4) is 21.9 Å². The lowest BCUT2D eigenvalue weighted by Gasteiger charge is -2.16. The molecule has 0 saturated carbocycles. The first kappa shape index (κ1) is 26.4. The van der Waals surface area contributed by atoms with Gasteiger partial charge in [0.2, 0.25) is 0 Å². The molecule has 2 aliphatic heterocycles. The van der Waals surface area contributed by atoms with Crippen molar-refractivity contribution in [3.63, 3.8) is 0 Å². The van der Waals surface area contributed by atoms with Gasteiger partial charge in [0.1, 0.15) is 24.7 Å². The molecule has 4 aromatic rings. The van der Waals surface area contributed by atoms with Crippen molar-refractivity contribution in [3.05, 3.63) is 83.4 Å². The number of aryl methyl sites for hydroxylation is 1. The number of ether oxygens (including phenoxy) is 2. The number of likely N-dealkylation sites (tertiary alicyclic amines) is 2. The van der Waals surface area contributed by atoms with Gasteiger partial charge in [-0.3, -0.25) is 9.80 Å². The Balaban J connectivity index is 1.16. The predicted molar refractivity (Wildman–Crippen MR) is 164 cm³/mol. The SMILES string of the molecule is Cc1cc(Cc2c(-c3ccc(OCCN4CCCC4)cc3)sc3ccccc23)ccc1OCCN1CCCC1. The normalized spacial score (nSPS) is 16.3. The van der Waals surface area contributed by atoms with E-state index < -0.39 is 0 Å². The number of fused-ring (bicyclic) bond motifs is 1. The molecule has 0 bridgehead atoms. The van der Waals surface area contributed by atoms with Crippen LogP contribution in [0, 0.1) is 6.92 Å². The first-order chi connectivity index (χ1) is 19.2. The molecule has 0 N–H and O–H groups in total. The van der Waals surface area contributed by atoms with E-state index in [2.05, 4.69) is 83.5 Å². The number of hydrogen-bond acceptors (Lipinski definition) is 5. The summed E-state index contributed by atoms with van der Waals surface area (Å²) >= 11 is 1.89. The van der Waals surface area contributed by atoms with Crippen molar-refractivity contribution in [1.82, 2.24) is 9.80 Å². The summed E-state index contributed by atoms with van der Waals surface area (Å²) in [6.45, 7) is 10.6. The summed E-state index contributed by atoms with van der Waals surface area (Å²) in [5.41, 5.74) is 5.20. The number of rotatable bonds is 11. The van der Waals surface area contributed by atoms with Crippen LogP contribution in [0.15, 0.2) is 66.7 Å². The van der Waals surface area contributed by atoms with E-state index >= 15 is 0 Å². The first-order valence-corrected chi connectivity index (χ1v) is 15.5. The smallest absolute Gasteiger partial charge is 0.122 e. The molecule has 3 heterocycles. The third-order valence-electron chi connectivity index (χ3n) is 8.17. The van der Waals surface area contributed by atoms with E-state index in [0.717, 1.165) is 44.2 Å². The molecule has 2 aliphatic rings. The molecule has 3 aromatic carbocycles. The van der Waals surface area contributed by atoms with Gasteiger partial charge in [-0.15, -0.1) is 11.3 Å². The monoisotopic (exact) mass is 540 g/mol. The Kier molecular flexibility index (Phi) is 8.48. The number of thiophene rings is 1. The molecule has 0 radical (unpaired) electrons. The molecule has 39 heavy (non-hydrogen) atoms. The molecular weight excluding hydrogens is 500 g/mol. The zero-order valence-corrected chi connectivity index (χ0v) is 24.0. The molecule has 0 unspecified atom stereocenters. The lowest BCUT2D eigenvalue weighted by Crippen LogP contribution is -2.25. The molecule has 204 valence electrons. The highest BCUT2D eigenvalue weighted by Crippen LogP contribution is 2.40. The lowest BCUT2D eigenvalue weighted by molar-refractivity contribution is 0.237. The highest BCUT2D eigenvalue weighted by atomic mass is 32.1. The minimum atomic E-state index is 0.755. The minimum Gasteiger partial charge on any atom is -0.492 e. The minimum absolute atomic E-state index is 0.755. The summed E-state index contributed by atoms with van der Waals surface area (Å²) in [6, 6.07) is 24.2. The van der Waals surface area contributed by atoms with Crippen molar-refractivity contribution in [1.29, 1.82) is 0 Å². The van der Waals surface area contributed by atoms with Crippen LogP contribution in [0.5, 0.6) is 11.5 Å². The van der Waals surface area contributed by atoms with Gasteiger partial charge in [-0.2, -0.15) is 0 Å². The number of nitrogens with zero attached hydrogens (tertiary/aromatic N) is 2. The van der Waals surface area contributed by atoms with Crippen LogP contribution in [-0.4, -0.2) is 62.3 Å². The van der Waals surface area contributed by atoms with Crippen LogP contribution in [0.1, 0.15) is 42.4 Å². The summed E-state index contributed by atoms with van der Waals surface area (Å²) in [5, 5.41) is 1.35. The van der Waals surface area contributed by atoms with Gasteiger partial charge in [0, 0.05) is 22.7 Å². The Morgan fingerprint density at radius 2 is 1.41 bits per heavy atom. The van der Waals surface area contributed by atoms with Crippen molar-refractivity contribution in [2.75, 3.05) is 52.5 Å². The fraction of sp³-hybridized carbons (Fsp3) is 0.412. The second-order valence-corrected chi connectivity index (χ2v) is 12.1. The molecule has 0 atom stereocenters. The topological polar surface area (TPSA) is 24.9 Å². The largest absolute Gasteiger partial charge is 0.492 e. The number of hydrogen-bond donors (Lipinski definition) is 0. The fourth-order valence-electron chi connectivity index (χ4n) is 5.99. The van der Waals surface area contributed by atoms with E-state index in [1.165, 1.54) is 89.1 Å². The van der Waals surface area contributed by atoms with Crippen LogP contribution in [0.3, 0.4) is 0 Å². The molecular formula is C34H40N2O2S. The van der Waals surface area contributed by atoms with E-state index in [-0.39, 0.29) is 0 Å². The molecule has 0 spiro atoms. The number of benzene rings is 3. The molecule has 0 aliphatic carbocycles. The fourth-order valence-corrected chi connectivity index (χ4v) is 7.21. The molecule has 6 rings (SSSR count). The molecule has 4 nitrogen and oxygen atoms in total. The second kappa shape index (κ2) is 12.5. The van der Waals surface area contributed by atoms with Crippen LogP contribution in [0.4, 0.5) is 0 Å². The van der Waals surface area contributed by atoms with Crippen molar-refractivity contribution < 1.29 is 9.47 Å². The standard InChI is InChI=1S/C34H40N2O2S/c1-26-24-27(10-15-32(26)38-23-21-36-18-6-7-19-36)25-31-30-8-2-3-9-33(30)39-34(31)28-11-13-29(14-12-28)37-22-20-35-16-4-5-17-35/h2-3,8-15,24H,4-7,16-23,25H2,1H3. The highest BCUT2D eigenvalue weighted by molar-refractivity contribution is 7.22. The molecule has 2 saturated heterocycles. The summed E-state index contributed by atoms with van der Waals surface area (Å²) < 4.78 is 13.6. The van der Waals surface area contributed by atoms with Crippen LogP contribution in [0.2, 0.25) is 0 Å².